The summed E-state index contributed by atoms with van der Waals surface area (Å²) in [5.74, 6) is -0.936. The van der Waals surface area contributed by atoms with Crippen molar-refractivity contribution in [1.29, 1.82) is 0 Å². The lowest BCUT2D eigenvalue weighted by atomic mass is 10.1. The Hall–Kier alpha value is -3.20. The maximum Gasteiger partial charge on any atom is 0.329 e. The Kier molecular flexibility index (Phi) is 9.20. The predicted molar refractivity (Wildman–Crippen MR) is 157 cm³/mol. The number of carbonyl (C=O) groups is 3. The van der Waals surface area contributed by atoms with E-state index < -0.39 is 30.2 Å². The second-order valence-electron chi connectivity index (χ2n) is 8.09. The number of nitrogens with one attached hydrogen (secondary N) is 2. The Balaban J connectivity index is 1.49. The zero-order valence-corrected chi connectivity index (χ0v) is 24.4. The minimum Gasteiger partial charge on any atom is -0.490 e. The van der Waals surface area contributed by atoms with Crippen LogP contribution < -0.4 is 20.1 Å². The van der Waals surface area contributed by atoms with Gasteiger partial charge in [-0.15, -0.1) is 0 Å². The maximum atomic E-state index is 13.8. The first kappa shape index (κ1) is 27.8. The van der Waals surface area contributed by atoms with Crippen molar-refractivity contribution in [1.82, 2.24) is 10.2 Å². The Morgan fingerprint density at radius 3 is 2.53 bits per heavy atom. The highest BCUT2D eigenvalue weighted by Crippen LogP contribution is 2.35. The molecule has 0 radical (unpaired) electrons. The molecule has 1 aliphatic heterocycles. The van der Waals surface area contributed by atoms with Gasteiger partial charge in [-0.05, 0) is 106 Å². The van der Waals surface area contributed by atoms with E-state index in [0.29, 0.717) is 30.3 Å². The van der Waals surface area contributed by atoms with Gasteiger partial charge < -0.3 is 20.1 Å². The first-order chi connectivity index (χ1) is 18.2. The van der Waals surface area contributed by atoms with Crippen LogP contribution in [0.15, 0.2) is 66.4 Å². The Morgan fingerprint density at radius 1 is 1.08 bits per heavy atom. The lowest BCUT2D eigenvalue weighted by Crippen LogP contribution is -2.38. The third-order valence-corrected chi connectivity index (χ3v) is 6.87. The van der Waals surface area contributed by atoms with Crippen molar-refractivity contribution in [3.63, 3.8) is 0 Å². The van der Waals surface area contributed by atoms with Crippen LogP contribution in [0.5, 0.6) is 11.5 Å². The molecule has 8 nitrogen and oxygen atoms in total. The average molecular weight is 741 g/mol. The van der Waals surface area contributed by atoms with Gasteiger partial charge in [0.05, 0.1) is 15.9 Å². The van der Waals surface area contributed by atoms with Crippen molar-refractivity contribution >= 4 is 74.8 Å². The predicted octanol–water partition coefficient (Wildman–Crippen LogP) is 5.54. The molecule has 0 saturated carbocycles. The minimum atomic E-state index is -0.748. The van der Waals surface area contributed by atoms with Gasteiger partial charge in [-0.3, -0.25) is 9.59 Å². The van der Waals surface area contributed by atoms with Crippen LogP contribution >= 0.6 is 45.2 Å². The summed E-state index contributed by atoms with van der Waals surface area (Å²) in [4.78, 5) is 38.4. The highest BCUT2D eigenvalue weighted by atomic mass is 127. The van der Waals surface area contributed by atoms with E-state index >= 15 is 0 Å². The molecule has 1 fully saturated rings. The summed E-state index contributed by atoms with van der Waals surface area (Å²) in [5, 5.41) is 4.85. The number of anilines is 1. The molecule has 3 aromatic carbocycles. The van der Waals surface area contributed by atoms with Crippen LogP contribution in [-0.2, 0) is 16.2 Å². The molecule has 0 unspecified atom stereocenters. The van der Waals surface area contributed by atoms with Gasteiger partial charge >= 0.3 is 6.03 Å². The van der Waals surface area contributed by atoms with Gasteiger partial charge in [0, 0.05) is 3.57 Å². The normalized spacial score (nSPS) is 14.0. The van der Waals surface area contributed by atoms with Crippen LogP contribution in [0, 0.1) is 13.0 Å². The monoisotopic (exact) mass is 741 g/mol. The molecule has 2 N–H and O–H groups in total. The quantitative estimate of drug-likeness (QED) is 0.171. The van der Waals surface area contributed by atoms with E-state index in [1.54, 1.807) is 18.2 Å². The van der Waals surface area contributed by atoms with Gasteiger partial charge in [-0.2, -0.15) is 0 Å². The topological polar surface area (TPSA) is 97.0 Å². The number of amides is 4. The van der Waals surface area contributed by atoms with Crippen LogP contribution in [0.4, 0.5) is 14.9 Å². The lowest BCUT2D eigenvalue weighted by molar-refractivity contribution is -0.127. The molecule has 1 aliphatic rings. The second-order valence-corrected chi connectivity index (χ2v) is 10.5. The summed E-state index contributed by atoms with van der Waals surface area (Å²) in [7, 11) is 0. The molecule has 196 valence electrons. The summed E-state index contributed by atoms with van der Waals surface area (Å²) in [5.41, 5.74) is 1.57. The summed E-state index contributed by atoms with van der Waals surface area (Å²) in [6.07, 6.45) is 1.50. The van der Waals surface area contributed by atoms with Crippen LogP contribution in [0.2, 0.25) is 0 Å². The number of benzene rings is 3. The van der Waals surface area contributed by atoms with Gasteiger partial charge in [0.15, 0.2) is 11.5 Å². The number of hydrogen-bond acceptors (Lipinski definition) is 5. The average Bonchev–Trinajstić information content (AvgIpc) is 3.13. The Labute approximate surface area is 245 Å². The molecule has 0 spiro atoms. The van der Waals surface area contributed by atoms with Gasteiger partial charge in [-0.1, -0.05) is 24.3 Å². The van der Waals surface area contributed by atoms with E-state index in [-0.39, 0.29) is 11.4 Å². The fourth-order valence-corrected chi connectivity index (χ4v) is 4.73. The number of para-hydroxylation sites is 1. The molecule has 11 heteroatoms. The molecule has 0 bridgehead atoms. The van der Waals surface area contributed by atoms with E-state index in [4.69, 9.17) is 9.47 Å². The van der Waals surface area contributed by atoms with Crippen LogP contribution in [0.3, 0.4) is 0 Å². The highest BCUT2D eigenvalue weighted by molar-refractivity contribution is 14.1. The summed E-state index contributed by atoms with van der Waals surface area (Å²) in [6.45, 7) is 2.04. The van der Waals surface area contributed by atoms with E-state index in [1.165, 1.54) is 24.3 Å². The minimum absolute atomic E-state index is 0.000466. The van der Waals surface area contributed by atoms with Gasteiger partial charge in [0.1, 0.15) is 24.7 Å². The van der Waals surface area contributed by atoms with E-state index in [2.05, 4.69) is 55.8 Å². The van der Waals surface area contributed by atoms with Crippen LogP contribution in [-0.4, -0.2) is 35.9 Å². The summed E-state index contributed by atoms with van der Waals surface area (Å²) >= 11 is 4.37. The number of carbonyl (C=O) groups excluding carboxylic acids is 3. The molecule has 1 heterocycles. The van der Waals surface area contributed by atoms with Crippen molar-refractivity contribution in [2.75, 3.05) is 18.5 Å². The number of imide groups is 1. The molecular weight excluding hydrogens is 719 g/mol. The summed E-state index contributed by atoms with van der Waals surface area (Å²) < 4.78 is 27.5. The molecule has 0 atom stereocenters. The fraction of sp³-hybridized carbons (Fsp3) is 0.148. The van der Waals surface area contributed by atoms with Gasteiger partial charge in [-0.25, -0.2) is 14.1 Å². The Bertz CT molecular complexity index is 1410. The van der Waals surface area contributed by atoms with Crippen LogP contribution in [0.25, 0.3) is 6.08 Å². The fourth-order valence-electron chi connectivity index (χ4n) is 3.59. The standard InChI is InChI=1S/C27H22FI2N3O5/c1-2-37-23-13-17(11-20(30)25(23)38-15-16-7-9-18(29)10-8-16)12-22-26(35)33(27(36)32-22)14-24(34)31-21-6-4-3-5-19(21)28/h3-13H,2,14-15H2,1H3,(H,31,34)(H,32,36)/b22-12+. The molecule has 0 aromatic heterocycles. The molecular formula is C27H22FI2N3O5. The summed E-state index contributed by atoms with van der Waals surface area (Å²) in [6, 6.07) is 16.4. The lowest BCUT2D eigenvalue weighted by Gasteiger charge is -2.15. The molecule has 4 rings (SSSR count). The zero-order chi connectivity index (χ0) is 27.2. The highest BCUT2D eigenvalue weighted by Gasteiger charge is 2.35. The van der Waals surface area contributed by atoms with E-state index in [0.717, 1.165) is 17.6 Å². The first-order valence-electron chi connectivity index (χ1n) is 11.5. The third kappa shape index (κ3) is 6.81. The zero-order valence-electron chi connectivity index (χ0n) is 20.1. The van der Waals surface area contributed by atoms with Crippen molar-refractivity contribution in [2.45, 2.75) is 13.5 Å². The number of hydrogen-bond donors (Lipinski definition) is 2. The van der Waals surface area contributed by atoms with Crippen molar-refractivity contribution in [2.24, 2.45) is 0 Å². The largest absolute Gasteiger partial charge is 0.490 e. The number of rotatable bonds is 9. The SMILES string of the molecule is CCOc1cc(/C=C2/NC(=O)N(CC(=O)Nc3ccccc3F)C2=O)cc(I)c1OCc1ccc(I)cc1. The van der Waals surface area contributed by atoms with Gasteiger partial charge in [0.25, 0.3) is 5.91 Å². The van der Waals surface area contributed by atoms with E-state index in [9.17, 15) is 18.8 Å². The smallest absolute Gasteiger partial charge is 0.329 e. The Morgan fingerprint density at radius 2 is 1.82 bits per heavy atom. The van der Waals surface area contributed by atoms with Crippen molar-refractivity contribution < 1.29 is 28.2 Å². The van der Waals surface area contributed by atoms with E-state index in [1.807, 2.05) is 31.2 Å². The maximum absolute atomic E-state index is 13.8. The molecule has 1 saturated heterocycles. The molecule has 4 amide bonds. The number of ether oxygens (including phenoxy) is 2. The number of nitrogens with zero attached hydrogens (tertiary/aromatic N) is 1. The molecule has 3 aromatic rings. The first-order valence-corrected chi connectivity index (χ1v) is 13.6. The number of halogens is 3. The van der Waals surface area contributed by atoms with Crippen molar-refractivity contribution in [3.8, 4) is 11.5 Å². The second kappa shape index (κ2) is 12.6. The van der Waals surface area contributed by atoms with Crippen molar-refractivity contribution in [3.05, 3.63) is 90.4 Å². The number of urea groups is 1. The molecule has 0 aliphatic carbocycles. The van der Waals surface area contributed by atoms with Crippen LogP contribution in [0.1, 0.15) is 18.1 Å². The molecule has 38 heavy (non-hydrogen) atoms. The third-order valence-electron chi connectivity index (χ3n) is 5.35. The van der Waals surface area contributed by atoms with Gasteiger partial charge in [0.2, 0.25) is 5.91 Å².